The molecule has 0 unspecified atom stereocenters. The van der Waals surface area contributed by atoms with Gasteiger partial charge in [-0.25, -0.2) is 0 Å². The number of rotatable bonds is 5. The Morgan fingerprint density at radius 3 is 2.88 bits per heavy atom. The maximum Gasteiger partial charge on any atom is 0.164 e. The van der Waals surface area contributed by atoms with Gasteiger partial charge in [0.1, 0.15) is 0 Å². The van der Waals surface area contributed by atoms with Crippen molar-refractivity contribution in [1.82, 2.24) is 0 Å². The van der Waals surface area contributed by atoms with Crippen LogP contribution in [-0.2, 0) is 0 Å². The molecule has 0 radical (unpaired) electrons. The molecule has 0 saturated carbocycles. The molecular weight excluding hydrogens is 216 g/mol. The summed E-state index contributed by atoms with van der Waals surface area (Å²) >= 11 is 1.66. The van der Waals surface area contributed by atoms with Gasteiger partial charge >= 0.3 is 0 Å². The summed E-state index contributed by atoms with van der Waals surface area (Å²) in [4.78, 5) is 12.0. The van der Waals surface area contributed by atoms with E-state index in [1.165, 1.54) is 4.70 Å². The average Bonchev–Trinajstić information content (AvgIpc) is 2.73. The Bertz CT molecular complexity index is 484. The van der Waals surface area contributed by atoms with Gasteiger partial charge in [-0.15, -0.1) is 11.3 Å². The molecule has 0 saturated heterocycles. The lowest BCUT2D eigenvalue weighted by molar-refractivity contribution is 0.0981. The number of fused-ring (bicyclic) bond motifs is 1. The van der Waals surface area contributed by atoms with Crippen LogP contribution in [0.5, 0.6) is 0 Å². The monoisotopic (exact) mass is 232 g/mol. The third kappa shape index (κ3) is 2.33. The van der Waals surface area contributed by atoms with Crippen LogP contribution in [-0.4, -0.2) is 5.78 Å². The van der Waals surface area contributed by atoms with Gasteiger partial charge in [-0.1, -0.05) is 38.0 Å². The fraction of sp³-hybridized carbons (Fsp3) is 0.357. The molecule has 0 aliphatic rings. The molecule has 0 aliphatic carbocycles. The summed E-state index contributed by atoms with van der Waals surface area (Å²) in [5.41, 5.74) is 0.914. The zero-order chi connectivity index (χ0) is 11.4. The Morgan fingerprint density at radius 1 is 1.25 bits per heavy atom. The van der Waals surface area contributed by atoms with E-state index in [0.29, 0.717) is 12.2 Å². The Balaban J connectivity index is 2.17. The van der Waals surface area contributed by atoms with E-state index in [-0.39, 0.29) is 0 Å². The molecule has 0 amide bonds. The second kappa shape index (κ2) is 5.26. The van der Waals surface area contributed by atoms with E-state index >= 15 is 0 Å². The van der Waals surface area contributed by atoms with Gasteiger partial charge in [0, 0.05) is 27.5 Å². The summed E-state index contributed by atoms with van der Waals surface area (Å²) in [5, 5.41) is 3.12. The van der Waals surface area contributed by atoms with Crippen molar-refractivity contribution in [3.63, 3.8) is 0 Å². The molecule has 0 fully saturated rings. The largest absolute Gasteiger partial charge is 0.294 e. The molecule has 1 aromatic carbocycles. The van der Waals surface area contributed by atoms with E-state index in [4.69, 9.17) is 0 Å². The summed E-state index contributed by atoms with van der Waals surface area (Å²) in [6.07, 6.45) is 4.01. The van der Waals surface area contributed by atoms with E-state index < -0.39 is 0 Å². The molecule has 0 spiro atoms. The van der Waals surface area contributed by atoms with Gasteiger partial charge in [0.25, 0.3) is 0 Å². The van der Waals surface area contributed by atoms with E-state index in [1.54, 1.807) is 11.3 Å². The number of thiophene rings is 1. The van der Waals surface area contributed by atoms with E-state index in [9.17, 15) is 4.79 Å². The number of unbranched alkanes of at least 4 members (excludes halogenated alkanes) is 2. The van der Waals surface area contributed by atoms with Crippen LogP contribution in [0.15, 0.2) is 29.6 Å². The van der Waals surface area contributed by atoms with Crippen molar-refractivity contribution in [3.05, 3.63) is 35.2 Å². The summed E-state index contributed by atoms with van der Waals surface area (Å²) in [5.74, 6) is 0.297. The van der Waals surface area contributed by atoms with E-state index in [0.717, 1.165) is 30.2 Å². The predicted octanol–water partition coefficient (Wildman–Crippen LogP) is 4.66. The first-order chi connectivity index (χ1) is 7.83. The maximum atomic E-state index is 12.0. The Labute approximate surface area is 100 Å². The molecule has 2 rings (SSSR count). The van der Waals surface area contributed by atoms with Gasteiger partial charge < -0.3 is 0 Å². The average molecular weight is 232 g/mol. The highest BCUT2D eigenvalue weighted by Gasteiger charge is 2.10. The Morgan fingerprint density at radius 2 is 2.06 bits per heavy atom. The zero-order valence-corrected chi connectivity index (χ0v) is 10.3. The molecule has 0 aliphatic heterocycles. The van der Waals surface area contributed by atoms with Crippen LogP contribution in [0.2, 0.25) is 0 Å². The fourth-order valence-electron chi connectivity index (χ4n) is 1.86. The number of hydrogen-bond donors (Lipinski definition) is 0. The summed E-state index contributed by atoms with van der Waals surface area (Å²) in [7, 11) is 0. The smallest absolute Gasteiger partial charge is 0.164 e. The van der Waals surface area contributed by atoms with Crippen LogP contribution >= 0.6 is 11.3 Å². The standard InChI is InChI=1S/C14H16OS/c1-2-3-4-8-13(15)12-10-16-14-9-6-5-7-11(12)14/h5-7,9-10H,2-4,8H2,1H3. The molecular formula is C14H16OS. The normalized spacial score (nSPS) is 10.8. The van der Waals surface area contributed by atoms with Crippen LogP contribution < -0.4 is 0 Å². The van der Waals surface area contributed by atoms with Crippen molar-refractivity contribution in [2.75, 3.05) is 0 Å². The van der Waals surface area contributed by atoms with Gasteiger partial charge in [0.2, 0.25) is 0 Å². The van der Waals surface area contributed by atoms with Crippen LogP contribution in [0.3, 0.4) is 0 Å². The molecule has 1 heterocycles. The van der Waals surface area contributed by atoms with Gasteiger partial charge in [0.15, 0.2) is 5.78 Å². The molecule has 2 heteroatoms. The molecule has 1 nitrogen and oxygen atoms in total. The minimum absolute atomic E-state index is 0.297. The van der Waals surface area contributed by atoms with Crippen molar-refractivity contribution in [2.24, 2.45) is 0 Å². The van der Waals surface area contributed by atoms with Gasteiger partial charge in [-0.3, -0.25) is 4.79 Å². The molecule has 0 bridgehead atoms. The van der Waals surface area contributed by atoms with Crippen LogP contribution in [0, 0.1) is 0 Å². The molecule has 0 N–H and O–H groups in total. The highest BCUT2D eigenvalue weighted by Crippen LogP contribution is 2.26. The van der Waals surface area contributed by atoms with E-state index in [1.807, 2.05) is 23.6 Å². The second-order valence-electron chi connectivity index (χ2n) is 4.03. The Hall–Kier alpha value is -1.15. The first kappa shape index (κ1) is 11.3. The summed E-state index contributed by atoms with van der Waals surface area (Å²) in [6, 6.07) is 8.13. The minimum Gasteiger partial charge on any atom is -0.294 e. The SMILES string of the molecule is CCCCCC(=O)c1csc2ccccc12. The van der Waals surface area contributed by atoms with Gasteiger partial charge in [-0.2, -0.15) is 0 Å². The maximum absolute atomic E-state index is 12.0. The third-order valence-corrected chi connectivity index (χ3v) is 3.75. The molecule has 0 atom stereocenters. The first-order valence-electron chi connectivity index (χ1n) is 5.82. The first-order valence-corrected chi connectivity index (χ1v) is 6.70. The van der Waals surface area contributed by atoms with Gasteiger partial charge in [0.05, 0.1) is 0 Å². The number of benzene rings is 1. The van der Waals surface area contributed by atoms with Crippen molar-refractivity contribution in [1.29, 1.82) is 0 Å². The van der Waals surface area contributed by atoms with E-state index in [2.05, 4.69) is 13.0 Å². The highest BCUT2D eigenvalue weighted by molar-refractivity contribution is 7.17. The zero-order valence-electron chi connectivity index (χ0n) is 9.53. The fourth-order valence-corrected chi connectivity index (χ4v) is 2.83. The molecule has 84 valence electrons. The lowest BCUT2D eigenvalue weighted by Crippen LogP contribution is -1.97. The number of carbonyl (C=O) groups excluding carboxylic acids is 1. The summed E-state index contributed by atoms with van der Waals surface area (Å²) in [6.45, 7) is 2.16. The van der Waals surface area contributed by atoms with Crippen molar-refractivity contribution >= 4 is 27.2 Å². The highest BCUT2D eigenvalue weighted by atomic mass is 32.1. The number of Topliss-reactive ketones (excluding diaryl/α,β-unsaturated/α-hetero) is 1. The van der Waals surface area contributed by atoms with Crippen molar-refractivity contribution < 1.29 is 4.79 Å². The number of ketones is 1. The Kier molecular flexibility index (Phi) is 3.73. The third-order valence-electron chi connectivity index (χ3n) is 2.79. The van der Waals surface area contributed by atoms with Gasteiger partial charge in [-0.05, 0) is 12.5 Å². The van der Waals surface area contributed by atoms with Crippen LogP contribution in [0.4, 0.5) is 0 Å². The molecule has 2 aromatic rings. The quantitative estimate of drug-likeness (QED) is 0.541. The summed E-state index contributed by atoms with van der Waals surface area (Å²) < 4.78 is 1.21. The number of hydrogen-bond acceptors (Lipinski definition) is 2. The second-order valence-corrected chi connectivity index (χ2v) is 4.94. The molecule has 1 aromatic heterocycles. The van der Waals surface area contributed by atoms with Crippen molar-refractivity contribution in [2.45, 2.75) is 32.6 Å². The lowest BCUT2D eigenvalue weighted by Gasteiger charge is -1.98. The number of carbonyl (C=O) groups is 1. The van der Waals surface area contributed by atoms with Crippen LogP contribution in [0.1, 0.15) is 43.0 Å². The molecule has 16 heavy (non-hydrogen) atoms. The predicted molar refractivity (Wildman–Crippen MR) is 70.3 cm³/mol. The minimum atomic E-state index is 0.297. The van der Waals surface area contributed by atoms with Crippen molar-refractivity contribution in [3.8, 4) is 0 Å². The lowest BCUT2D eigenvalue weighted by atomic mass is 10.0. The topological polar surface area (TPSA) is 17.1 Å². The van der Waals surface area contributed by atoms with Crippen LogP contribution in [0.25, 0.3) is 10.1 Å².